The van der Waals surface area contributed by atoms with Crippen molar-refractivity contribution in [3.63, 3.8) is 0 Å². The third-order valence-electron chi connectivity index (χ3n) is 5.52. The molecule has 4 nitrogen and oxygen atoms in total. The van der Waals surface area contributed by atoms with E-state index in [1.54, 1.807) is 7.11 Å². The number of halogens is 4. The van der Waals surface area contributed by atoms with Gasteiger partial charge in [0.25, 0.3) is 0 Å². The average molecular weight is 1070 g/mol. The molecule has 3 rings (SSSR count). The van der Waals surface area contributed by atoms with Crippen LogP contribution >= 0.6 is 82.5 Å². The molecule has 1 aromatic rings. The number of aliphatic hydroxyl groups is 1. The maximum atomic E-state index is 11.0. The summed E-state index contributed by atoms with van der Waals surface area (Å²) in [6, 6.07) is 8.22. The van der Waals surface area contributed by atoms with Crippen LogP contribution in [0.4, 0.5) is 0 Å². The first-order chi connectivity index (χ1) is 18.2. The van der Waals surface area contributed by atoms with Gasteiger partial charge in [-0.15, -0.1) is 0 Å². The van der Waals surface area contributed by atoms with Crippen LogP contribution in [0.5, 0.6) is 5.75 Å². The quantitative estimate of drug-likeness (QED) is 0.168. The molecule has 0 heterocycles. The van der Waals surface area contributed by atoms with E-state index in [0.29, 0.717) is 12.2 Å². The molecule has 0 saturated carbocycles. The number of methoxy groups -OCH3 is 1. The summed E-state index contributed by atoms with van der Waals surface area (Å²) in [7, 11) is 1.70. The molecule has 0 spiro atoms. The number of carbonyl (C=O) groups is 2. The summed E-state index contributed by atoms with van der Waals surface area (Å²) >= 11 is 9.54. The van der Waals surface area contributed by atoms with Crippen molar-refractivity contribution < 1.29 is 42.9 Å². The number of aryl methyl sites for hydroxylation is 1. The number of benzene rings is 1. The number of hydrogen-bond donors (Lipinski definition) is 1. The summed E-state index contributed by atoms with van der Waals surface area (Å²) in [5, 5.41) is 9.35. The Bertz CT molecular complexity index is 831. The van der Waals surface area contributed by atoms with E-state index >= 15 is 0 Å². The average Bonchev–Trinajstić information content (AvgIpc) is 2.89. The fourth-order valence-electron chi connectivity index (χ4n) is 3.88. The van der Waals surface area contributed by atoms with Gasteiger partial charge in [-0.2, -0.15) is 0 Å². The topological polar surface area (TPSA) is 63.6 Å². The number of alkyl halides is 1. The molecule has 10 heteroatoms. The fourth-order valence-corrected chi connectivity index (χ4v) is 3.88. The summed E-state index contributed by atoms with van der Waals surface area (Å²) < 4.78 is 5.10. The zero-order valence-electron chi connectivity index (χ0n) is 23.9. The third kappa shape index (κ3) is 26.0. The van der Waals surface area contributed by atoms with Gasteiger partial charge in [0, 0.05) is 31.4 Å². The molecule has 39 heavy (non-hydrogen) atoms. The maximum absolute atomic E-state index is 11.0. The minimum atomic E-state index is -0.788. The molecule has 2 aliphatic rings. The zero-order valence-corrected chi connectivity index (χ0v) is 35.3. The number of Topliss-reactive ketones (excluding diaryl/α,β-unsaturated/α-hetero) is 1. The van der Waals surface area contributed by atoms with E-state index in [2.05, 4.69) is 109 Å². The van der Waals surface area contributed by atoms with Crippen LogP contribution in [0, 0.1) is 0 Å². The van der Waals surface area contributed by atoms with Gasteiger partial charge in [-0.1, -0.05) is 86.4 Å². The third-order valence-corrected chi connectivity index (χ3v) is 5.52. The Hall–Kier alpha value is 1.89. The van der Waals surface area contributed by atoms with Gasteiger partial charge in [0.2, 0.25) is 0 Å². The second-order valence-electron chi connectivity index (χ2n) is 8.60. The van der Waals surface area contributed by atoms with E-state index in [9.17, 15) is 14.7 Å². The minimum absolute atomic E-state index is 0. The number of rotatable bonds is 7. The molecule has 0 saturated heterocycles. The Morgan fingerprint density at radius 1 is 0.949 bits per heavy atom. The minimum Gasteiger partial charge on any atom is 0 e. The van der Waals surface area contributed by atoms with Gasteiger partial charge in [-0.05, 0) is 72.8 Å². The predicted octanol–water partition coefficient (Wildman–Crippen LogP) is 10.3. The molecular formula is C29H45I4O4V2. The molecule has 223 valence electrons. The van der Waals surface area contributed by atoms with Crippen molar-refractivity contribution in [1.29, 1.82) is 0 Å². The van der Waals surface area contributed by atoms with Crippen molar-refractivity contribution >= 4 is 94.1 Å². The summed E-state index contributed by atoms with van der Waals surface area (Å²) in [6.45, 7) is 6.38. The van der Waals surface area contributed by atoms with Crippen LogP contribution in [0.2, 0.25) is 0 Å². The number of allylic oxidation sites excluding steroid dienone is 3. The van der Waals surface area contributed by atoms with Crippen LogP contribution in [0.25, 0.3) is 0 Å². The van der Waals surface area contributed by atoms with Crippen molar-refractivity contribution in [2.45, 2.75) is 97.5 Å². The van der Waals surface area contributed by atoms with Crippen molar-refractivity contribution in [3.05, 3.63) is 53.1 Å². The van der Waals surface area contributed by atoms with Crippen molar-refractivity contribution in [2.24, 2.45) is 0 Å². The molecule has 0 fully saturated rings. The van der Waals surface area contributed by atoms with Crippen LogP contribution in [0.15, 0.2) is 47.6 Å². The largest absolute Gasteiger partial charge is 0 e. The Morgan fingerprint density at radius 2 is 1.54 bits per heavy atom. The van der Waals surface area contributed by atoms with Gasteiger partial charge in [0.05, 0.1) is 7.11 Å². The molecule has 0 amide bonds. The maximum Gasteiger partial charge on any atom is 0 e. The number of hydrogen-bond acceptors (Lipinski definition) is 4. The summed E-state index contributed by atoms with van der Waals surface area (Å²) in [6.07, 6.45) is 13.8. The molecule has 0 aliphatic heterocycles. The first-order valence-electron chi connectivity index (χ1n) is 13.1. The Kier molecular flexibility index (Phi) is 36.4. The van der Waals surface area contributed by atoms with Gasteiger partial charge in [0.1, 0.15) is 11.9 Å². The smallest absolute Gasteiger partial charge is 0 e. The fraction of sp³-hybridized carbons (Fsp3) is 0.586. The van der Waals surface area contributed by atoms with Gasteiger partial charge >= 0.3 is 64.9 Å². The van der Waals surface area contributed by atoms with Crippen LogP contribution in [-0.2, 0) is 39.5 Å². The Balaban J connectivity index is -0.000000448. The molecular weight excluding hydrogens is 1020 g/mol. The Morgan fingerprint density at radius 3 is 2.05 bits per heavy atom. The van der Waals surface area contributed by atoms with E-state index < -0.39 is 6.10 Å². The van der Waals surface area contributed by atoms with Crippen molar-refractivity contribution in [2.75, 3.05) is 12.0 Å². The van der Waals surface area contributed by atoms with Gasteiger partial charge in [-0.3, -0.25) is 9.59 Å². The molecule has 1 atom stereocenters. The predicted molar refractivity (Wildman–Crippen MR) is 194 cm³/mol. The number of aliphatic hydroxyl groups excluding tert-OH is 1. The van der Waals surface area contributed by atoms with Crippen LogP contribution in [0.3, 0.4) is 0 Å². The number of ketones is 2. The van der Waals surface area contributed by atoms with Crippen LogP contribution in [-0.4, -0.2) is 34.8 Å². The second-order valence-corrected chi connectivity index (χ2v) is 44.0. The first-order valence-corrected chi connectivity index (χ1v) is 28.8. The van der Waals surface area contributed by atoms with E-state index in [-0.39, 0.29) is 29.3 Å². The van der Waals surface area contributed by atoms with Crippen molar-refractivity contribution in [1.82, 2.24) is 0 Å². The molecule has 1 unspecified atom stereocenters. The summed E-state index contributed by atoms with van der Waals surface area (Å²) in [5.74, 6) is 1.27. The van der Waals surface area contributed by atoms with Crippen LogP contribution in [0.1, 0.15) is 90.5 Å². The van der Waals surface area contributed by atoms with Crippen LogP contribution < -0.4 is 4.74 Å². The van der Waals surface area contributed by atoms with E-state index in [1.165, 1.54) is 24.0 Å². The van der Waals surface area contributed by atoms with E-state index in [1.807, 2.05) is 36.1 Å². The molecule has 1 N–H and O–H groups in total. The van der Waals surface area contributed by atoms with Gasteiger partial charge < -0.3 is 9.84 Å². The SMILES string of the molecule is CCCC1=CC(=O)CCC1.CCCC1=CCCC(=O)C1O.CCCc1cccc(OC)c1.CI.[I][V]([I])[I].[V]. The summed E-state index contributed by atoms with van der Waals surface area (Å²) in [5.41, 5.74) is 3.63. The monoisotopic (exact) mass is 1070 g/mol. The van der Waals surface area contributed by atoms with Gasteiger partial charge in [-0.25, -0.2) is 0 Å². The summed E-state index contributed by atoms with van der Waals surface area (Å²) in [4.78, 5) is 23.6. The molecule has 0 bridgehead atoms. The normalized spacial score (nSPS) is 15.7. The number of carbonyl (C=O) groups excluding carboxylic acids is 2. The molecule has 1 aromatic carbocycles. The first kappa shape index (κ1) is 45.3. The second kappa shape index (κ2) is 31.3. The molecule has 2 aliphatic carbocycles. The molecule has 0 aromatic heterocycles. The van der Waals surface area contributed by atoms with Crippen molar-refractivity contribution in [3.8, 4) is 5.75 Å². The number of ether oxygens (including phenoxy) is 1. The van der Waals surface area contributed by atoms with Gasteiger partial charge in [0.15, 0.2) is 11.6 Å². The standard InChI is InChI=1S/C10H14O.C9H14O2.C9H14O.CH3I.3HI.2V/c1-3-5-9-6-4-7-10(8-9)11-2;1-2-4-7-5-3-6-8(10)9(7)11;1-2-4-8-5-3-6-9(10)7-8;1-2;;;;;/h4,6-8H,3,5H2,1-2H3;5,9,11H,2-4,6H2,1H3;7H,2-6H2,1H3;1H3;3*1H;;/q;;;;;;;;+3/p-3. The molecule has 1 radical (unpaired) electrons. The Labute approximate surface area is 301 Å². The van der Waals surface area contributed by atoms with E-state index in [4.69, 9.17) is 4.74 Å². The van der Waals surface area contributed by atoms with E-state index in [0.717, 1.165) is 62.7 Å². The zero-order chi connectivity index (χ0) is 29.3.